The summed E-state index contributed by atoms with van der Waals surface area (Å²) in [5.74, 6) is -0.751. The molecule has 0 heterocycles. The van der Waals surface area contributed by atoms with Gasteiger partial charge in [0.2, 0.25) is 0 Å². The molecule has 8 heteroatoms. The highest BCUT2D eigenvalue weighted by Gasteiger charge is 2.20. The lowest BCUT2D eigenvalue weighted by molar-refractivity contribution is -0.134. The van der Waals surface area contributed by atoms with Crippen molar-refractivity contribution < 1.29 is 30.3 Å². The van der Waals surface area contributed by atoms with Gasteiger partial charge >= 0.3 is 5.97 Å². The summed E-state index contributed by atoms with van der Waals surface area (Å²) in [6.07, 6.45) is 0. The standard InChI is InChI=1S/C8H9NO3.C4H11NO3/c10-7-3-1-6(2-4-7)9-5-8(11)12;5-4(1-6,2-7)3-8/h1-4,9-10H,5H2,(H,11,12);6-8H,1-3,5H2. The first-order valence-corrected chi connectivity index (χ1v) is 5.73. The van der Waals surface area contributed by atoms with Crippen LogP contribution in [0.4, 0.5) is 5.69 Å². The van der Waals surface area contributed by atoms with E-state index in [0.717, 1.165) is 0 Å². The van der Waals surface area contributed by atoms with Crippen LogP contribution in [0.15, 0.2) is 24.3 Å². The molecule has 0 unspecified atom stereocenters. The Kier molecular flexibility index (Phi) is 8.25. The number of nitrogens with one attached hydrogen (secondary N) is 1. The third-order valence-electron chi connectivity index (χ3n) is 2.26. The molecule has 0 aliphatic heterocycles. The molecule has 114 valence electrons. The van der Waals surface area contributed by atoms with Gasteiger partial charge in [0.25, 0.3) is 0 Å². The topological polar surface area (TPSA) is 156 Å². The number of phenols is 1. The lowest BCUT2D eigenvalue weighted by Crippen LogP contribution is -2.50. The van der Waals surface area contributed by atoms with Crippen molar-refractivity contribution in [1.82, 2.24) is 0 Å². The second-order valence-electron chi connectivity index (χ2n) is 4.13. The average molecular weight is 288 g/mol. The van der Waals surface area contributed by atoms with Crippen molar-refractivity contribution in [3.8, 4) is 5.75 Å². The third kappa shape index (κ3) is 7.54. The van der Waals surface area contributed by atoms with E-state index in [9.17, 15) is 4.79 Å². The first-order chi connectivity index (χ1) is 9.36. The maximum atomic E-state index is 10.1. The molecule has 0 aromatic heterocycles. The Bertz CT molecular complexity index is 383. The van der Waals surface area contributed by atoms with Gasteiger partial charge in [-0.15, -0.1) is 0 Å². The van der Waals surface area contributed by atoms with Gasteiger partial charge in [0.1, 0.15) is 12.3 Å². The van der Waals surface area contributed by atoms with Crippen LogP contribution in [0.2, 0.25) is 0 Å². The number of aliphatic carboxylic acids is 1. The minimum absolute atomic E-state index is 0.120. The van der Waals surface area contributed by atoms with Gasteiger partial charge in [-0.3, -0.25) is 4.79 Å². The summed E-state index contributed by atoms with van der Waals surface area (Å²) in [7, 11) is 0. The number of aliphatic hydroxyl groups is 3. The summed E-state index contributed by atoms with van der Waals surface area (Å²) in [6.45, 7) is -1.33. The molecule has 1 aromatic rings. The number of hydrogen-bond acceptors (Lipinski definition) is 7. The zero-order valence-electron chi connectivity index (χ0n) is 10.9. The van der Waals surface area contributed by atoms with Crippen LogP contribution >= 0.6 is 0 Å². The lowest BCUT2D eigenvalue weighted by atomic mass is 10.1. The van der Waals surface area contributed by atoms with Crippen molar-refractivity contribution in [2.45, 2.75) is 5.54 Å². The summed E-state index contributed by atoms with van der Waals surface area (Å²) in [6, 6.07) is 6.20. The molecule has 8 nitrogen and oxygen atoms in total. The van der Waals surface area contributed by atoms with E-state index in [-0.39, 0.29) is 12.3 Å². The van der Waals surface area contributed by atoms with Crippen LogP contribution in [-0.2, 0) is 4.79 Å². The average Bonchev–Trinajstić information content (AvgIpc) is 2.46. The minimum atomic E-state index is -1.21. The summed E-state index contributed by atoms with van der Waals surface area (Å²) in [4.78, 5) is 10.1. The van der Waals surface area contributed by atoms with Crippen LogP contribution in [-0.4, -0.2) is 63.4 Å². The number of rotatable bonds is 6. The smallest absolute Gasteiger partial charge is 0.322 e. The molecule has 0 saturated carbocycles. The highest BCUT2D eigenvalue weighted by atomic mass is 16.4. The molecule has 20 heavy (non-hydrogen) atoms. The SMILES string of the molecule is NC(CO)(CO)CO.O=C(O)CNc1ccc(O)cc1. The van der Waals surface area contributed by atoms with Gasteiger partial charge in [0.15, 0.2) is 0 Å². The van der Waals surface area contributed by atoms with Gasteiger partial charge in [0.05, 0.1) is 25.4 Å². The predicted molar refractivity (Wildman–Crippen MR) is 72.4 cm³/mol. The number of carboxylic acid groups (broad SMARTS) is 1. The molecule has 1 rings (SSSR count). The molecule has 0 aliphatic rings. The number of phenolic OH excluding ortho intramolecular Hbond substituents is 1. The Labute approximate surface area is 116 Å². The van der Waals surface area contributed by atoms with Gasteiger partial charge < -0.3 is 36.6 Å². The molecule has 8 N–H and O–H groups in total. The van der Waals surface area contributed by atoms with Gasteiger partial charge in [-0.25, -0.2) is 0 Å². The van der Waals surface area contributed by atoms with E-state index in [2.05, 4.69) is 5.32 Å². The van der Waals surface area contributed by atoms with Crippen LogP contribution in [0.1, 0.15) is 0 Å². The van der Waals surface area contributed by atoms with Gasteiger partial charge in [-0.2, -0.15) is 0 Å². The number of aromatic hydroxyl groups is 1. The van der Waals surface area contributed by atoms with Crippen molar-refractivity contribution in [1.29, 1.82) is 0 Å². The number of carbonyl (C=O) groups is 1. The lowest BCUT2D eigenvalue weighted by Gasteiger charge is -2.20. The fourth-order valence-electron chi connectivity index (χ4n) is 0.907. The first-order valence-electron chi connectivity index (χ1n) is 5.73. The van der Waals surface area contributed by atoms with E-state index in [1.165, 1.54) is 12.1 Å². The van der Waals surface area contributed by atoms with E-state index >= 15 is 0 Å². The van der Waals surface area contributed by atoms with Gasteiger partial charge in [-0.05, 0) is 24.3 Å². The predicted octanol–water partition coefficient (Wildman–Crippen LogP) is -1.45. The number of hydrogen-bond donors (Lipinski definition) is 7. The van der Waals surface area contributed by atoms with Crippen molar-refractivity contribution in [2.24, 2.45) is 5.73 Å². The highest BCUT2D eigenvalue weighted by Crippen LogP contribution is 2.12. The van der Waals surface area contributed by atoms with E-state index in [0.29, 0.717) is 5.69 Å². The van der Waals surface area contributed by atoms with E-state index < -0.39 is 31.3 Å². The minimum Gasteiger partial charge on any atom is -0.508 e. The Balaban J connectivity index is 0.000000396. The monoisotopic (exact) mass is 288 g/mol. The van der Waals surface area contributed by atoms with E-state index in [4.69, 9.17) is 31.3 Å². The molecule has 0 radical (unpaired) electrons. The number of carboxylic acids is 1. The Morgan fingerprint density at radius 2 is 1.55 bits per heavy atom. The van der Waals surface area contributed by atoms with Crippen LogP contribution in [0.5, 0.6) is 5.75 Å². The molecule has 0 aliphatic carbocycles. The maximum absolute atomic E-state index is 10.1. The zero-order chi connectivity index (χ0) is 15.6. The largest absolute Gasteiger partial charge is 0.508 e. The van der Waals surface area contributed by atoms with Crippen molar-refractivity contribution in [3.63, 3.8) is 0 Å². The molecule has 0 atom stereocenters. The fourth-order valence-corrected chi connectivity index (χ4v) is 0.907. The first kappa shape index (κ1) is 18.1. The third-order valence-corrected chi connectivity index (χ3v) is 2.26. The number of nitrogens with two attached hydrogens (primary N) is 1. The summed E-state index contributed by atoms with van der Waals surface area (Å²) >= 11 is 0. The molecular formula is C12H20N2O6. The molecule has 0 amide bonds. The van der Waals surface area contributed by atoms with Crippen LogP contribution < -0.4 is 11.1 Å². The van der Waals surface area contributed by atoms with E-state index in [1.54, 1.807) is 12.1 Å². The zero-order valence-corrected chi connectivity index (χ0v) is 10.9. The van der Waals surface area contributed by atoms with Crippen LogP contribution in [0.25, 0.3) is 0 Å². The Morgan fingerprint density at radius 3 is 1.85 bits per heavy atom. The Morgan fingerprint density at radius 1 is 1.10 bits per heavy atom. The maximum Gasteiger partial charge on any atom is 0.322 e. The summed E-state index contributed by atoms with van der Waals surface area (Å²) < 4.78 is 0. The quantitative estimate of drug-likeness (QED) is 0.313. The fraction of sp³-hybridized carbons (Fsp3) is 0.417. The van der Waals surface area contributed by atoms with Gasteiger partial charge in [0, 0.05) is 5.69 Å². The number of anilines is 1. The second-order valence-corrected chi connectivity index (χ2v) is 4.13. The number of aliphatic hydroxyl groups excluding tert-OH is 3. The van der Waals surface area contributed by atoms with Crippen molar-refractivity contribution in [2.75, 3.05) is 31.7 Å². The summed E-state index contributed by atoms with van der Waals surface area (Å²) in [5, 5.41) is 44.9. The molecular weight excluding hydrogens is 268 g/mol. The van der Waals surface area contributed by atoms with Crippen molar-refractivity contribution >= 4 is 11.7 Å². The molecule has 0 fully saturated rings. The molecule has 0 bridgehead atoms. The normalized spacial score (nSPS) is 10.4. The molecule has 0 spiro atoms. The van der Waals surface area contributed by atoms with Gasteiger partial charge in [-0.1, -0.05) is 0 Å². The second kappa shape index (κ2) is 9.10. The Hall–Kier alpha value is -1.87. The van der Waals surface area contributed by atoms with Crippen LogP contribution in [0.3, 0.4) is 0 Å². The van der Waals surface area contributed by atoms with Crippen molar-refractivity contribution in [3.05, 3.63) is 24.3 Å². The highest BCUT2D eigenvalue weighted by molar-refractivity contribution is 5.72. The van der Waals surface area contributed by atoms with Crippen LogP contribution in [0, 0.1) is 0 Å². The van der Waals surface area contributed by atoms with E-state index in [1.807, 2.05) is 0 Å². The summed E-state index contributed by atoms with van der Waals surface area (Å²) in [5.41, 5.74) is 4.61. The molecule has 1 aromatic carbocycles. The number of benzene rings is 1. The molecule has 0 saturated heterocycles.